The average Bonchev–Trinajstić information content (AvgIpc) is 2.59. The second kappa shape index (κ2) is 4.17. The Hall–Kier alpha value is -0.680. The van der Waals surface area contributed by atoms with E-state index in [4.69, 9.17) is 0 Å². The third-order valence-corrected chi connectivity index (χ3v) is 6.50. The lowest BCUT2D eigenvalue weighted by atomic mass is 9.70. The van der Waals surface area contributed by atoms with Gasteiger partial charge in [0.05, 0.1) is 5.75 Å². The maximum atomic E-state index is 12.2. The van der Waals surface area contributed by atoms with E-state index < -0.39 is 15.4 Å². The Morgan fingerprint density at radius 1 is 1.50 bits per heavy atom. The molecule has 2 aliphatic rings. The molecular weight excluding hydrogens is 250 g/mol. The summed E-state index contributed by atoms with van der Waals surface area (Å²) in [5, 5.41) is 0. The Kier molecular flexibility index (Phi) is 3.18. The van der Waals surface area contributed by atoms with Crippen LogP contribution < -0.4 is 4.72 Å². The molecule has 2 fully saturated rings. The van der Waals surface area contributed by atoms with Crippen LogP contribution in [-0.2, 0) is 14.8 Å². The molecule has 2 saturated carbocycles. The number of hydrogen-bond donors (Lipinski definition) is 1. The zero-order valence-corrected chi connectivity index (χ0v) is 11.8. The lowest BCUT2D eigenvalue weighted by Gasteiger charge is -2.36. The van der Waals surface area contributed by atoms with Crippen LogP contribution in [-0.4, -0.2) is 26.5 Å². The summed E-state index contributed by atoms with van der Waals surface area (Å²) in [6, 6.07) is 0. The number of rotatable bonds is 5. The van der Waals surface area contributed by atoms with Crippen LogP contribution in [0, 0.1) is 16.7 Å². The number of ketones is 1. The summed E-state index contributed by atoms with van der Waals surface area (Å²) >= 11 is 0. The van der Waals surface area contributed by atoms with Crippen molar-refractivity contribution in [1.82, 2.24) is 4.72 Å². The van der Waals surface area contributed by atoms with Crippen molar-refractivity contribution in [3.8, 4) is 0 Å². The number of carbonyl (C=O) groups is 1. The van der Waals surface area contributed by atoms with E-state index in [1.54, 1.807) is 0 Å². The van der Waals surface area contributed by atoms with Gasteiger partial charge in [-0.3, -0.25) is 4.79 Å². The second-order valence-corrected chi connectivity index (χ2v) is 7.87. The third-order valence-electron chi connectivity index (χ3n) is 5.02. The zero-order chi connectivity index (χ0) is 13.6. The molecule has 2 aliphatic carbocycles. The highest BCUT2D eigenvalue weighted by molar-refractivity contribution is 7.89. The number of fused-ring (bicyclic) bond motifs is 2. The molecule has 0 unspecified atom stereocenters. The van der Waals surface area contributed by atoms with E-state index in [1.807, 2.05) is 13.8 Å². The van der Waals surface area contributed by atoms with Crippen LogP contribution in [0.5, 0.6) is 0 Å². The topological polar surface area (TPSA) is 63.2 Å². The Morgan fingerprint density at radius 2 is 2.17 bits per heavy atom. The van der Waals surface area contributed by atoms with Gasteiger partial charge in [-0.2, -0.15) is 0 Å². The SMILES string of the molecule is C=CCNS(=O)(=O)C[C@@]12CC[C@H](CC1=O)C2(C)C. The smallest absolute Gasteiger partial charge is 0.212 e. The minimum atomic E-state index is -3.42. The fourth-order valence-corrected chi connectivity index (χ4v) is 5.47. The van der Waals surface area contributed by atoms with Gasteiger partial charge in [-0.1, -0.05) is 19.9 Å². The van der Waals surface area contributed by atoms with Gasteiger partial charge in [0.2, 0.25) is 10.0 Å². The summed E-state index contributed by atoms with van der Waals surface area (Å²) in [7, 11) is -3.42. The standard InChI is InChI=1S/C13H21NO3S/c1-4-7-14-18(16,17)9-13-6-5-10(8-11(13)15)12(13,2)3/h4,10,14H,1,5-9H2,2-3H3/t10-,13+/m1/s1. The molecule has 0 amide bonds. The molecule has 1 N–H and O–H groups in total. The Labute approximate surface area is 109 Å². The quantitative estimate of drug-likeness (QED) is 0.771. The molecule has 0 aromatic carbocycles. The molecule has 5 heteroatoms. The molecule has 0 saturated heterocycles. The second-order valence-electron chi connectivity index (χ2n) is 6.06. The molecule has 0 heterocycles. The number of Topliss-reactive ketones (excluding diaryl/α,β-unsaturated/α-hetero) is 1. The van der Waals surface area contributed by atoms with Gasteiger partial charge in [0, 0.05) is 18.4 Å². The molecular formula is C13H21NO3S. The van der Waals surface area contributed by atoms with E-state index >= 15 is 0 Å². The van der Waals surface area contributed by atoms with Gasteiger partial charge in [-0.05, 0) is 24.2 Å². The minimum Gasteiger partial charge on any atom is -0.299 e. The van der Waals surface area contributed by atoms with Gasteiger partial charge in [-0.15, -0.1) is 6.58 Å². The fourth-order valence-electron chi connectivity index (χ4n) is 3.67. The Morgan fingerprint density at radius 3 is 2.61 bits per heavy atom. The van der Waals surface area contributed by atoms with Crippen LogP contribution in [0.25, 0.3) is 0 Å². The van der Waals surface area contributed by atoms with Crippen molar-refractivity contribution in [3.63, 3.8) is 0 Å². The summed E-state index contributed by atoms with van der Waals surface area (Å²) in [6.07, 6.45) is 3.73. The Bertz CT molecular complexity index is 480. The maximum absolute atomic E-state index is 12.2. The van der Waals surface area contributed by atoms with Gasteiger partial charge in [-0.25, -0.2) is 13.1 Å². The number of hydrogen-bond acceptors (Lipinski definition) is 3. The molecule has 0 aromatic rings. The van der Waals surface area contributed by atoms with Crippen LogP contribution in [0.15, 0.2) is 12.7 Å². The van der Waals surface area contributed by atoms with Crippen molar-refractivity contribution in [2.24, 2.45) is 16.7 Å². The largest absolute Gasteiger partial charge is 0.299 e. The first-order valence-corrected chi connectivity index (χ1v) is 8.02. The summed E-state index contributed by atoms with van der Waals surface area (Å²) in [4.78, 5) is 12.2. The average molecular weight is 271 g/mol. The van der Waals surface area contributed by atoms with Crippen molar-refractivity contribution in [3.05, 3.63) is 12.7 Å². The van der Waals surface area contributed by atoms with E-state index in [1.165, 1.54) is 6.08 Å². The summed E-state index contributed by atoms with van der Waals surface area (Å²) in [5.74, 6) is 0.406. The van der Waals surface area contributed by atoms with Crippen LogP contribution in [0.2, 0.25) is 0 Å². The molecule has 102 valence electrons. The van der Waals surface area contributed by atoms with Gasteiger partial charge in [0.1, 0.15) is 5.78 Å². The predicted octanol–water partition coefficient (Wildman–Crippen LogP) is 1.49. The summed E-state index contributed by atoms with van der Waals surface area (Å²) < 4.78 is 26.6. The molecule has 0 aromatic heterocycles. The fraction of sp³-hybridized carbons (Fsp3) is 0.769. The van der Waals surface area contributed by atoms with Crippen LogP contribution in [0.1, 0.15) is 33.1 Å². The Balaban J connectivity index is 2.27. The molecule has 0 aliphatic heterocycles. The van der Waals surface area contributed by atoms with E-state index in [2.05, 4.69) is 11.3 Å². The first-order valence-electron chi connectivity index (χ1n) is 6.37. The summed E-state index contributed by atoms with van der Waals surface area (Å²) in [6.45, 7) is 7.79. The maximum Gasteiger partial charge on any atom is 0.212 e. The van der Waals surface area contributed by atoms with E-state index in [9.17, 15) is 13.2 Å². The van der Waals surface area contributed by atoms with Crippen LogP contribution in [0.4, 0.5) is 0 Å². The van der Waals surface area contributed by atoms with Crippen molar-refractivity contribution in [2.75, 3.05) is 12.3 Å². The van der Waals surface area contributed by atoms with E-state index in [0.29, 0.717) is 18.8 Å². The molecule has 2 bridgehead atoms. The van der Waals surface area contributed by atoms with Crippen molar-refractivity contribution >= 4 is 15.8 Å². The van der Waals surface area contributed by atoms with Crippen molar-refractivity contribution in [1.29, 1.82) is 0 Å². The van der Waals surface area contributed by atoms with Gasteiger partial charge in [0.25, 0.3) is 0 Å². The summed E-state index contributed by atoms with van der Waals surface area (Å²) in [5.41, 5.74) is -0.877. The van der Waals surface area contributed by atoms with Crippen LogP contribution >= 0.6 is 0 Å². The van der Waals surface area contributed by atoms with Gasteiger partial charge >= 0.3 is 0 Å². The van der Waals surface area contributed by atoms with Gasteiger partial charge in [0.15, 0.2) is 0 Å². The normalized spacial score (nSPS) is 33.9. The van der Waals surface area contributed by atoms with E-state index in [0.717, 1.165) is 6.42 Å². The zero-order valence-electron chi connectivity index (χ0n) is 11.0. The van der Waals surface area contributed by atoms with E-state index in [-0.39, 0.29) is 23.5 Å². The van der Waals surface area contributed by atoms with Crippen molar-refractivity contribution < 1.29 is 13.2 Å². The van der Waals surface area contributed by atoms with Crippen molar-refractivity contribution in [2.45, 2.75) is 33.1 Å². The lowest BCUT2D eigenvalue weighted by molar-refractivity contribution is -0.128. The molecule has 0 radical (unpaired) electrons. The first kappa shape index (κ1) is 13.7. The molecule has 18 heavy (non-hydrogen) atoms. The van der Waals surface area contributed by atoms with Crippen LogP contribution in [0.3, 0.4) is 0 Å². The molecule has 0 spiro atoms. The highest BCUT2D eigenvalue weighted by Crippen LogP contribution is 2.64. The minimum absolute atomic E-state index is 0.0732. The highest BCUT2D eigenvalue weighted by atomic mass is 32.2. The highest BCUT2D eigenvalue weighted by Gasteiger charge is 2.65. The molecule has 2 rings (SSSR count). The number of carbonyl (C=O) groups excluding carboxylic acids is 1. The predicted molar refractivity (Wildman–Crippen MR) is 70.5 cm³/mol. The number of nitrogens with one attached hydrogen (secondary N) is 1. The monoisotopic (exact) mass is 271 g/mol. The molecule has 2 atom stereocenters. The third kappa shape index (κ3) is 1.84. The van der Waals surface area contributed by atoms with Gasteiger partial charge < -0.3 is 0 Å². The lowest BCUT2D eigenvalue weighted by Crippen LogP contribution is -2.45. The number of sulfonamides is 1. The molecule has 4 nitrogen and oxygen atoms in total. The first-order chi connectivity index (χ1) is 8.25.